The number of carbonyl (C=O) groups is 2. The fourth-order valence-electron chi connectivity index (χ4n) is 32.2. The Morgan fingerprint density at radius 2 is 0.733 bits per heavy atom. The number of primary sulfonamides is 1. The largest absolute Gasteiger partial charge is 0.393 e. The summed E-state index contributed by atoms with van der Waals surface area (Å²) in [4.78, 5) is 42.8. The number of carbonyl (C=O) groups excluding carboxylic acids is 3. The van der Waals surface area contributed by atoms with Crippen LogP contribution >= 0.6 is 34.0 Å². The summed E-state index contributed by atoms with van der Waals surface area (Å²) < 4.78 is 84.2. The molecule has 28 heteroatoms. The fourth-order valence-corrected chi connectivity index (χ4v) is 38.4. The van der Waals surface area contributed by atoms with Crippen molar-refractivity contribution in [1.82, 2.24) is 20.1 Å². The molecule has 6 aromatic rings. The summed E-state index contributed by atoms with van der Waals surface area (Å²) in [5.41, 5.74) is 4.08. The molecular formula is C107H157BN6O14S6U. The fraction of sp³-hybridized carbons (Fsp3) is 0.692. The van der Waals surface area contributed by atoms with Crippen LogP contribution in [0.25, 0.3) is 31.3 Å². The van der Waals surface area contributed by atoms with Gasteiger partial charge in [0.15, 0.2) is 0 Å². The molecule has 11 N–H and O–H groups in total. The van der Waals surface area contributed by atoms with Gasteiger partial charge in [-0.3, -0.25) is 0 Å². The number of urea groups is 2. The van der Waals surface area contributed by atoms with E-state index >= 15 is 0 Å². The third-order valence-electron chi connectivity index (χ3n) is 38.5. The summed E-state index contributed by atoms with van der Waals surface area (Å²) in [6.07, 6.45) is 26.8. The molecule has 3 aromatic heterocycles. The van der Waals surface area contributed by atoms with Crippen LogP contribution in [-0.2, 0) is 34.9 Å². The topological polar surface area (TPSA) is 341 Å². The number of fused-ring (bicyclic) bond motifs is 15. The van der Waals surface area contributed by atoms with E-state index in [2.05, 4.69) is 123 Å². The summed E-state index contributed by atoms with van der Waals surface area (Å²) in [7, 11) is -7.78. The first-order valence-corrected chi connectivity index (χ1v) is 57.1. The maximum Gasteiger partial charge on any atom is 0.328 e. The van der Waals surface area contributed by atoms with Crippen LogP contribution in [0.15, 0.2) is 145 Å². The summed E-state index contributed by atoms with van der Waals surface area (Å²) >= 11 is 3.47. The zero-order chi connectivity index (χ0) is 96.7. The quantitative estimate of drug-likeness (QED) is 0.0193. The van der Waals surface area contributed by atoms with Gasteiger partial charge in [0.1, 0.15) is 12.6 Å². The van der Waals surface area contributed by atoms with Gasteiger partial charge in [-0.1, -0.05) is 214 Å². The number of isocyanates is 1. The number of aliphatic hydroxyl groups excluding tert-OH is 5. The maximum atomic E-state index is 13.0. The van der Waals surface area contributed by atoms with Crippen molar-refractivity contribution < 1.29 is 96.3 Å². The van der Waals surface area contributed by atoms with Crippen LogP contribution in [0, 0.1) is 194 Å². The standard InChI is InChI=1S/2C35H50N2O5S2.C26H43NO2.C10H9NO2S2.CH4.BH.U/c2*1-5-24-28-19-23(38)15-17-35(28,4)27-16-18-34(3)25(11-12-26(34)31(27)32(24)39)21(2)20-36-33(40)37-44(41,42)30-14-13-29(43-30)22-9-7-6-8-10-22;1-6-18-22-13-16(2)9-11-26(22,5)21-10-12-25(4)19(17(3)14-27-15-28)7-8-20(25)23(21)24(18)29;11-15(12,13)10-7-6-9(14-10)8-4-2-1-3-5-8;;;/h2*6-10,13-14,21,23-28,31-32,38-39H,5,11-12,15-20H2,1-4H3,(H2,36,37,40);16-24,29H,6-14H2,1-5H3;1-7H,(H2,11,12,13);1H4;1H;/t2*21-,23-,24-,25-,26+,27+,28+,31+,32-,34-,35-;16-,17-,18-,19-,20+,21+,22+,23+,24-,25-,26-;;;;/m111..../s1/i;;;;;1D;. The first kappa shape index (κ1) is 108. The third kappa shape index (κ3) is 21.4. The molecule has 0 bridgehead atoms. The van der Waals surface area contributed by atoms with E-state index in [-0.39, 0.29) is 139 Å². The number of aliphatic imine (C=N–C) groups is 1. The predicted octanol–water partition coefficient (Wildman–Crippen LogP) is 21.2. The van der Waals surface area contributed by atoms with Crippen molar-refractivity contribution in [2.45, 2.75) is 295 Å². The van der Waals surface area contributed by atoms with Gasteiger partial charge in [-0.25, -0.2) is 59.2 Å². The van der Waals surface area contributed by atoms with Crippen LogP contribution in [0.3, 0.4) is 0 Å². The van der Waals surface area contributed by atoms with Crippen molar-refractivity contribution in [2.75, 3.05) is 19.6 Å². The van der Waals surface area contributed by atoms with Crippen molar-refractivity contribution in [2.24, 2.45) is 173 Å². The van der Waals surface area contributed by atoms with Gasteiger partial charge >= 0.3 is 12.1 Å². The number of benzene rings is 3. The Balaban J connectivity index is 0.000000170. The Labute approximate surface area is 846 Å². The molecule has 18 rings (SSSR count). The molecule has 2 radical (unpaired) electrons. The van der Waals surface area contributed by atoms with Gasteiger partial charge < -0.3 is 36.2 Å². The van der Waals surface area contributed by atoms with Crippen LogP contribution in [0.2, 0.25) is 0 Å². The van der Waals surface area contributed by atoms with Crippen molar-refractivity contribution in [1.29, 1.82) is 1.34 Å². The van der Waals surface area contributed by atoms with Crippen molar-refractivity contribution in [3.8, 4) is 31.3 Å². The van der Waals surface area contributed by atoms with E-state index in [1.807, 2.05) is 91.0 Å². The van der Waals surface area contributed by atoms with E-state index in [9.17, 15) is 65.2 Å². The zero-order valence-corrected chi connectivity index (χ0v) is 90.3. The summed E-state index contributed by atoms with van der Waals surface area (Å²) in [6, 6.07) is 37.3. The molecule has 3 heterocycles. The number of aliphatic hydroxyl groups is 5. The molecule has 0 aliphatic heterocycles. The third-order valence-corrected chi connectivity index (χ3v) is 47.0. The normalized spacial score (nSPS) is 38.1. The molecule has 742 valence electrons. The number of rotatable bonds is 20. The SMILES string of the molecule is C.CC[C@H]1[C@@H](O)[C@@H]2[C@H](CC[C@]3(C)[C@@H]([C@H](C)CN=C=O)CC[C@@H]23)[C@@]2(C)CC[C@@H](C)C[C@@H]12.CC[C@H]1[C@@H](O)[C@@H]2[C@H](CC[C@]3(C)[C@@H]([C@H](C)CNC(=O)NS(=O)(=O)c4ccc(-c5ccccc5)s4)CC[C@@H]23)[C@@]2(C)CC[C@@H](O)C[C@@H]12.CC[C@H]1[C@@H](O)[C@@H]2[C@H](CC[C@]3(C)[C@@H]([C@H](C)CNC(=O)NS(=O)(=O)c4ccc(-c5ccccc5)s4)CC[C@@H]23)[C@@]2(C)CC[C@@H](O)C[C@@H]12.NS(=O)(=O)c1ccc(-c2ccccc2)s1.[2H][B].[U]. The Kier molecular flexibility index (Phi) is 35.0. The minimum absolute atomic E-state index is 0. The average molecular weight is 2190 g/mol. The molecule has 0 saturated heterocycles. The molecule has 3 aromatic carbocycles. The van der Waals surface area contributed by atoms with Gasteiger partial charge in [0.25, 0.3) is 20.0 Å². The first-order chi connectivity index (χ1) is 63.6. The molecule has 135 heavy (non-hydrogen) atoms. The number of nitrogens with two attached hydrogens (primary N) is 1. The molecule has 12 aliphatic rings. The molecular weight excluding hydrogens is 2030 g/mol. The Hall–Kier alpha value is -4.59. The molecule has 12 aliphatic carbocycles. The maximum absolute atomic E-state index is 13.0. The number of amides is 4. The Morgan fingerprint density at radius 3 is 1.05 bits per heavy atom. The van der Waals surface area contributed by atoms with Crippen molar-refractivity contribution >= 4 is 90.6 Å². The van der Waals surface area contributed by atoms with Crippen molar-refractivity contribution in [3.63, 3.8) is 0 Å². The number of nitrogens with zero attached hydrogens (tertiary/aromatic N) is 1. The molecule has 20 nitrogen and oxygen atoms in total. The molecule has 4 amide bonds. The molecule has 12 fully saturated rings. The molecule has 33 atom stereocenters. The van der Waals surface area contributed by atoms with E-state index in [4.69, 9.17) is 6.47 Å². The van der Waals surface area contributed by atoms with Crippen LogP contribution in [0.4, 0.5) is 9.59 Å². The van der Waals surface area contributed by atoms with E-state index < -0.39 is 42.1 Å². The monoisotopic (exact) mass is 2190 g/mol. The Morgan fingerprint density at radius 1 is 0.437 bits per heavy atom. The van der Waals surface area contributed by atoms with Gasteiger partial charge in [-0.05, 0) is 346 Å². The molecule has 0 spiro atoms. The second-order valence-corrected chi connectivity index (χ2v) is 53.7. The molecule has 12 saturated carbocycles. The number of hydrogen-bond acceptors (Lipinski definition) is 18. The number of nitrogens with one attached hydrogen (secondary N) is 4. The predicted molar refractivity (Wildman–Crippen MR) is 541 cm³/mol. The van der Waals surface area contributed by atoms with Crippen LogP contribution < -0.4 is 25.2 Å². The van der Waals surface area contributed by atoms with Gasteiger partial charge in [-0.2, -0.15) is 0 Å². The smallest absolute Gasteiger partial charge is 0.328 e. The van der Waals surface area contributed by atoms with E-state index in [0.717, 1.165) is 169 Å². The van der Waals surface area contributed by atoms with Gasteiger partial charge in [0.05, 0.1) is 37.1 Å². The zero-order valence-electron chi connectivity index (χ0n) is 82.3. The number of thiophene rings is 3. The van der Waals surface area contributed by atoms with Crippen LogP contribution in [0.5, 0.6) is 0 Å². The number of hydrogen-bond donors (Lipinski definition) is 10. The van der Waals surface area contributed by atoms with Gasteiger partial charge in [0.2, 0.25) is 16.1 Å². The van der Waals surface area contributed by atoms with Gasteiger partial charge in [-0.15, -0.1) is 34.0 Å². The first-order valence-electron chi connectivity index (χ1n) is 50.7. The van der Waals surface area contributed by atoms with E-state index in [0.29, 0.717) is 119 Å². The van der Waals surface area contributed by atoms with Crippen LogP contribution in [-0.4, -0.2) is 129 Å². The van der Waals surface area contributed by atoms with E-state index in [1.165, 1.54) is 62.3 Å². The minimum Gasteiger partial charge on any atom is -0.393 e. The molecule has 0 unspecified atom stereocenters. The number of sulfonamides is 3. The second-order valence-electron chi connectivity index (χ2n) is 44.8. The van der Waals surface area contributed by atoms with Gasteiger partial charge in [0, 0.05) is 67.2 Å². The minimum atomic E-state index is -3.98. The van der Waals surface area contributed by atoms with Crippen LogP contribution in [0.1, 0.15) is 252 Å². The summed E-state index contributed by atoms with van der Waals surface area (Å²) in [6.45, 7) is 32.1. The second kappa shape index (κ2) is 43.9. The van der Waals surface area contributed by atoms with E-state index in [1.54, 1.807) is 36.4 Å². The van der Waals surface area contributed by atoms with Crippen molar-refractivity contribution in [3.05, 3.63) is 127 Å². The Bertz CT molecular complexity index is 5170. The average Bonchev–Trinajstić information content (AvgIpc) is 1.28. The summed E-state index contributed by atoms with van der Waals surface area (Å²) in [5.74, 6) is 9.61. The summed E-state index contributed by atoms with van der Waals surface area (Å²) in [5, 5.41) is 67.5.